The third-order valence-electron chi connectivity index (χ3n) is 6.29. The predicted molar refractivity (Wildman–Crippen MR) is 112 cm³/mol. The number of halogens is 1. The Labute approximate surface area is 174 Å². The van der Waals surface area contributed by atoms with E-state index < -0.39 is 0 Å². The van der Waals surface area contributed by atoms with Gasteiger partial charge in [0, 0.05) is 36.2 Å². The van der Waals surface area contributed by atoms with Crippen LogP contribution in [0.3, 0.4) is 0 Å². The summed E-state index contributed by atoms with van der Waals surface area (Å²) in [6.45, 7) is 2.41. The molecule has 0 atom stereocenters. The second-order valence-corrected chi connectivity index (χ2v) is 8.29. The summed E-state index contributed by atoms with van der Waals surface area (Å²) in [6.07, 6.45) is 3.44. The molecule has 29 heavy (non-hydrogen) atoms. The predicted octanol–water partition coefficient (Wildman–Crippen LogP) is 3.95. The van der Waals surface area contributed by atoms with Gasteiger partial charge in [0.1, 0.15) is 0 Å². The molecule has 3 heterocycles. The van der Waals surface area contributed by atoms with Crippen LogP contribution in [0.5, 0.6) is 0 Å². The summed E-state index contributed by atoms with van der Waals surface area (Å²) in [5.41, 5.74) is 3.81. The van der Waals surface area contributed by atoms with Crippen LogP contribution >= 0.6 is 11.6 Å². The fourth-order valence-electron chi connectivity index (χ4n) is 4.77. The fourth-order valence-corrected chi connectivity index (χ4v) is 4.93. The number of benzene rings is 2. The molecule has 1 saturated heterocycles. The lowest BCUT2D eigenvalue weighted by molar-refractivity contribution is -0.0741. The number of piperidine rings is 1. The average Bonchev–Trinajstić information content (AvgIpc) is 3.28. The van der Waals surface area contributed by atoms with Gasteiger partial charge in [-0.05, 0) is 36.1 Å². The van der Waals surface area contributed by atoms with E-state index >= 15 is 0 Å². The van der Waals surface area contributed by atoms with Crippen molar-refractivity contribution in [3.8, 4) is 0 Å². The van der Waals surface area contributed by atoms with E-state index in [4.69, 9.17) is 16.3 Å². The maximum Gasteiger partial charge on any atom is 0.256 e. The number of ether oxygens (including phenoxy) is 1. The van der Waals surface area contributed by atoms with Crippen LogP contribution < -0.4 is 0 Å². The van der Waals surface area contributed by atoms with Gasteiger partial charge in [-0.15, -0.1) is 0 Å². The van der Waals surface area contributed by atoms with Gasteiger partial charge in [0.05, 0.1) is 29.9 Å². The van der Waals surface area contributed by atoms with Crippen LogP contribution in [-0.4, -0.2) is 40.2 Å². The molecule has 1 fully saturated rings. The molecule has 1 aromatic heterocycles. The lowest BCUT2D eigenvalue weighted by atomic mass is 9.83. The second kappa shape index (κ2) is 7.17. The number of carbonyl (C=O) groups excluding carboxylic acids is 1. The maximum absolute atomic E-state index is 13.3. The van der Waals surface area contributed by atoms with Gasteiger partial charge in [-0.1, -0.05) is 41.9 Å². The van der Waals surface area contributed by atoms with Crippen LogP contribution in [0.25, 0.3) is 10.9 Å². The van der Waals surface area contributed by atoms with Crippen LogP contribution in [-0.2, 0) is 23.5 Å². The molecular formula is C23H23ClN2O3. The molecule has 2 aliphatic heterocycles. The molecule has 0 bridgehead atoms. The summed E-state index contributed by atoms with van der Waals surface area (Å²) in [6, 6.07) is 13.9. The Hall–Kier alpha value is -2.34. The number of carbonyl (C=O) groups is 1. The smallest absolute Gasteiger partial charge is 0.256 e. The quantitative estimate of drug-likeness (QED) is 0.711. The van der Waals surface area contributed by atoms with Crippen molar-refractivity contribution in [3.05, 3.63) is 70.4 Å². The van der Waals surface area contributed by atoms with Gasteiger partial charge in [0.15, 0.2) is 0 Å². The minimum absolute atomic E-state index is 0.00685. The van der Waals surface area contributed by atoms with Crippen molar-refractivity contribution in [2.75, 3.05) is 19.7 Å². The van der Waals surface area contributed by atoms with Crippen LogP contribution in [0.2, 0.25) is 5.02 Å². The Morgan fingerprint density at radius 3 is 2.76 bits per heavy atom. The normalized spacial score (nSPS) is 17.8. The minimum atomic E-state index is -0.258. The van der Waals surface area contributed by atoms with Gasteiger partial charge in [-0.3, -0.25) is 4.79 Å². The number of nitrogens with zero attached hydrogens (tertiary/aromatic N) is 2. The first kappa shape index (κ1) is 18.7. The first-order valence-electron chi connectivity index (χ1n) is 10.0. The molecule has 0 saturated carbocycles. The monoisotopic (exact) mass is 410 g/mol. The standard InChI is InChI=1S/C23H23ClN2O3/c24-17-5-6-18-19(14-26(11-12-27)21(18)13-17)22(28)25-9-7-23(8-10-25)20-4-2-1-3-16(20)15-29-23/h1-6,13-14,27H,7-12,15H2. The summed E-state index contributed by atoms with van der Waals surface area (Å²) in [7, 11) is 0. The molecule has 0 radical (unpaired) electrons. The number of aliphatic hydroxyl groups is 1. The van der Waals surface area contributed by atoms with E-state index in [9.17, 15) is 9.90 Å². The molecule has 0 aliphatic carbocycles. The number of likely N-dealkylation sites (tertiary alicyclic amines) is 1. The molecule has 150 valence electrons. The molecule has 1 amide bonds. The molecule has 5 rings (SSSR count). The van der Waals surface area contributed by atoms with E-state index in [1.165, 1.54) is 11.1 Å². The van der Waals surface area contributed by atoms with Gasteiger partial charge in [0.2, 0.25) is 0 Å². The van der Waals surface area contributed by atoms with Crippen molar-refractivity contribution in [2.24, 2.45) is 0 Å². The number of aliphatic hydroxyl groups excluding tert-OH is 1. The lowest BCUT2D eigenvalue weighted by Gasteiger charge is -2.39. The number of rotatable bonds is 3. The summed E-state index contributed by atoms with van der Waals surface area (Å²) >= 11 is 6.15. The molecule has 2 aliphatic rings. The fraction of sp³-hybridized carbons (Fsp3) is 0.348. The maximum atomic E-state index is 13.3. The number of hydrogen-bond donors (Lipinski definition) is 1. The number of fused-ring (bicyclic) bond motifs is 3. The van der Waals surface area contributed by atoms with Crippen molar-refractivity contribution >= 4 is 28.4 Å². The SMILES string of the molecule is O=C(c1cn(CCO)c2cc(Cl)ccc12)N1CCC2(CC1)OCc1ccccc12. The average molecular weight is 411 g/mol. The third kappa shape index (κ3) is 3.05. The molecular weight excluding hydrogens is 388 g/mol. The highest BCUT2D eigenvalue weighted by atomic mass is 35.5. The Balaban J connectivity index is 1.41. The van der Waals surface area contributed by atoms with E-state index in [1.54, 1.807) is 6.07 Å². The molecule has 0 unspecified atom stereocenters. The summed E-state index contributed by atoms with van der Waals surface area (Å²) in [4.78, 5) is 15.3. The molecule has 1 spiro atoms. The van der Waals surface area contributed by atoms with E-state index in [0.717, 1.165) is 23.7 Å². The molecule has 3 aromatic rings. The Morgan fingerprint density at radius 1 is 1.17 bits per heavy atom. The lowest BCUT2D eigenvalue weighted by Crippen LogP contribution is -2.45. The minimum Gasteiger partial charge on any atom is -0.395 e. The van der Waals surface area contributed by atoms with Crippen LogP contribution in [0, 0.1) is 0 Å². The van der Waals surface area contributed by atoms with Crippen molar-refractivity contribution in [3.63, 3.8) is 0 Å². The Morgan fingerprint density at radius 2 is 1.97 bits per heavy atom. The molecule has 5 nitrogen and oxygen atoms in total. The van der Waals surface area contributed by atoms with Gasteiger partial charge in [0.25, 0.3) is 5.91 Å². The number of hydrogen-bond acceptors (Lipinski definition) is 3. The van der Waals surface area contributed by atoms with Gasteiger partial charge < -0.3 is 19.3 Å². The number of aromatic nitrogens is 1. The van der Waals surface area contributed by atoms with Crippen molar-refractivity contribution in [2.45, 2.75) is 31.6 Å². The first-order chi connectivity index (χ1) is 14.1. The zero-order valence-electron chi connectivity index (χ0n) is 16.1. The zero-order valence-corrected chi connectivity index (χ0v) is 16.9. The van der Waals surface area contributed by atoms with Crippen molar-refractivity contribution in [1.29, 1.82) is 0 Å². The topological polar surface area (TPSA) is 54.7 Å². The zero-order chi connectivity index (χ0) is 20.0. The van der Waals surface area contributed by atoms with Crippen molar-refractivity contribution < 1.29 is 14.6 Å². The molecule has 6 heteroatoms. The van der Waals surface area contributed by atoms with E-state index in [0.29, 0.717) is 36.8 Å². The van der Waals surface area contributed by atoms with Gasteiger partial charge in [-0.2, -0.15) is 0 Å². The van der Waals surface area contributed by atoms with Gasteiger partial charge >= 0.3 is 0 Å². The molecule has 2 aromatic carbocycles. The number of amides is 1. The Kier molecular flexibility index (Phi) is 4.62. The van der Waals surface area contributed by atoms with Crippen LogP contribution in [0.15, 0.2) is 48.7 Å². The largest absolute Gasteiger partial charge is 0.395 e. The third-order valence-corrected chi connectivity index (χ3v) is 6.52. The molecule has 1 N–H and O–H groups in total. The summed E-state index contributed by atoms with van der Waals surface area (Å²) in [5, 5.41) is 10.9. The summed E-state index contributed by atoms with van der Waals surface area (Å²) in [5.74, 6) is 0.0233. The summed E-state index contributed by atoms with van der Waals surface area (Å²) < 4.78 is 8.12. The van der Waals surface area contributed by atoms with E-state index in [1.807, 2.05) is 33.9 Å². The Bertz CT molecular complexity index is 1080. The second-order valence-electron chi connectivity index (χ2n) is 7.85. The first-order valence-corrected chi connectivity index (χ1v) is 10.4. The highest BCUT2D eigenvalue weighted by Crippen LogP contribution is 2.44. The highest BCUT2D eigenvalue weighted by Gasteiger charge is 2.43. The van der Waals surface area contributed by atoms with Crippen LogP contribution in [0.1, 0.15) is 34.3 Å². The highest BCUT2D eigenvalue weighted by molar-refractivity contribution is 6.31. The van der Waals surface area contributed by atoms with E-state index in [-0.39, 0.29) is 18.1 Å². The van der Waals surface area contributed by atoms with E-state index in [2.05, 4.69) is 18.2 Å². The van der Waals surface area contributed by atoms with Crippen LogP contribution in [0.4, 0.5) is 0 Å². The van der Waals surface area contributed by atoms with Crippen molar-refractivity contribution in [1.82, 2.24) is 9.47 Å². The van der Waals surface area contributed by atoms with Gasteiger partial charge in [-0.25, -0.2) is 0 Å².